The molecule has 3 atom stereocenters. The van der Waals surface area contributed by atoms with Gasteiger partial charge >= 0.3 is 0 Å². The molecule has 0 radical (unpaired) electrons. The largest absolute Gasteiger partial charge is 0.493 e. The Hall–Kier alpha value is -1.30. The summed E-state index contributed by atoms with van der Waals surface area (Å²) in [5.41, 5.74) is 2.88. The maximum Gasteiger partial charge on any atom is 0.161 e. The van der Waals surface area contributed by atoms with Crippen LogP contribution in [0.5, 0.6) is 11.5 Å². The number of ether oxygens (including phenoxy) is 3. The lowest BCUT2D eigenvalue weighted by molar-refractivity contribution is -0.0511. The molecule has 2 fully saturated rings. The van der Waals surface area contributed by atoms with E-state index in [0.29, 0.717) is 18.4 Å². The number of aliphatic hydroxyl groups is 1. The molecule has 3 aliphatic heterocycles. The molecule has 1 aromatic carbocycles. The topological polar surface area (TPSA) is 51.2 Å². The fourth-order valence-corrected chi connectivity index (χ4v) is 4.95. The highest BCUT2D eigenvalue weighted by Gasteiger charge is 2.39. The van der Waals surface area contributed by atoms with E-state index in [1.54, 1.807) is 7.11 Å². The smallest absolute Gasteiger partial charge is 0.161 e. The number of hydrogen-bond donors (Lipinski definition) is 1. The van der Waals surface area contributed by atoms with Crippen molar-refractivity contribution < 1.29 is 19.3 Å². The van der Waals surface area contributed by atoms with E-state index in [4.69, 9.17) is 14.2 Å². The summed E-state index contributed by atoms with van der Waals surface area (Å²) < 4.78 is 16.9. The van der Waals surface area contributed by atoms with Crippen molar-refractivity contribution in [2.75, 3.05) is 40.0 Å². The molecule has 3 aliphatic rings. The summed E-state index contributed by atoms with van der Waals surface area (Å²) in [6.45, 7) is 11.1. The zero-order valence-corrected chi connectivity index (χ0v) is 17.7. The Morgan fingerprint density at radius 2 is 2.00 bits per heavy atom. The summed E-state index contributed by atoms with van der Waals surface area (Å²) in [7, 11) is 1.71. The zero-order valence-electron chi connectivity index (χ0n) is 17.7. The standard InChI is InChI=1S/C23H35NO4/c1-23(2,3)10-17-11-24-6-5-16-7-22(28-14-15-12-27-13-15)21(26-4)8-18(16)19(24)9-20(17)25/h7-8,15,17,19-20,25H,5-6,9-14H2,1-4H3/t17-,19-,20-/m1/s1. The number of fused-ring (bicyclic) bond motifs is 3. The van der Waals surface area contributed by atoms with Crippen LogP contribution in [0.4, 0.5) is 0 Å². The van der Waals surface area contributed by atoms with Crippen molar-refractivity contribution in [3.05, 3.63) is 23.3 Å². The van der Waals surface area contributed by atoms with Gasteiger partial charge in [0.2, 0.25) is 0 Å². The van der Waals surface area contributed by atoms with E-state index >= 15 is 0 Å². The third-order valence-electron chi connectivity index (χ3n) is 6.43. The van der Waals surface area contributed by atoms with Gasteiger partial charge in [0, 0.05) is 25.0 Å². The summed E-state index contributed by atoms with van der Waals surface area (Å²) in [6, 6.07) is 4.59. The molecule has 0 aromatic heterocycles. The molecule has 1 N–H and O–H groups in total. The summed E-state index contributed by atoms with van der Waals surface area (Å²) in [6.07, 6.45) is 2.64. The van der Waals surface area contributed by atoms with E-state index < -0.39 is 0 Å². The van der Waals surface area contributed by atoms with Gasteiger partial charge in [-0.3, -0.25) is 4.90 Å². The minimum absolute atomic E-state index is 0.243. The predicted molar refractivity (Wildman–Crippen MR) is 109 cm³/mol. The fourth-order valence-electron chi connectivity index (χ4n) is 4.95. The average Bonchev–Trinajstić information content (AvgIpc) is 2.59. The second kappa shape index (κ2) is 7.85. The first-order valence-corrected chi connectivity index (χ1v) is 10.7. The van der Waals surface area contributed by atoms with E-state index in [-0.39, 0.29) is 17.6 Å². The quantitative estimate of drug-likeness (QED) is 0.836. The molecule has 5 heteroatoms. The van der Waals surface area contributed by atoms with Gasteiger partial charge in [-0.05, 0) is 53.9 Å². The average molecular weight is 390 g/mol. The van der Waals surface area contributed by atoms with Gasteiger partial charge in [-0.1, -0.05) is 20.8 Å². The lowest BCUT2D eigenvalue weighted by atomic mass is 9.75. The van der Waals surface area contributed by atoms with Crippen molar-refractivity contribution in [3.63, 3.8) is 0 Å². The van der Waals surface area contributed by atoms with Crippen molar-refractivity contribution in [3.8, 4) is 11.5 Å². The predicted octanol–water partition coefficient (Wildman–Crippen LogP) is 3.44. The summed E-state index contributed by atoms with van der Waals surface area (Å²) in [5.74, 6) is 2.48. The van der Waals surface area contributed by atoms with Crippen LogP contribution in [0.2, 0.25) is 0 Å². The molecule has 28 heavy (non-hydrogen) atoms. The highest BCUT2D eigenvalue weighted by atomic mass is 16.5. The van der Waals surface area contributed by atoms with Gasteiger partial charge in [0.15, 0.2) is 11.5 Å². The molecule has 0 spiro atoms. The number of rotatable bonds is 5. The molecule has 0 bridgehead atoms. The molecule has 3 heterocycles. The molecule has 5 nitrogen and oxygen atoms in total. The van der Waals surface area contributed by atoms with Gasteiger partial charge in [-0.2, -0.15) is 0 Å². The fraction of sp³-hybridized carbons (Fsp3) is 0.739. The Kier molecular flexibility index (Phi) is 5.60. The van der Waals surface area contributed by atoms with E-state index in [0.717, 1.165) is 57.1 Å². The monoisotopic (exact) mass is 389 g/mol. The van der Waals surface area contributed by atoms with Crippen LogP contribution in [0.25, 0.3) is 0 Å². The second-order valence-electron chi connectivity index (χ2n) is 10.0. The molecule has 1 aromatic rings. The number of benzene rings is 1. The third kappa shape index (κ3) is 4.17. The number of nitrogens with zero attached hydrogens (tertiary/aromatic N) is 1. The number of methoxy groups -OCH3 is 1. The maximum absolute atomic E-state index is 10.9. The van der Waals surface area contributed by atoms with E-state index in [1.807, 2.05) is 0 Å². The number of piperidine rings is 1. The summed E-state index contributed by atoms with van der Waals surface area (Å²) in [5, 5.41) is 10.9. The zero-order chi connectivity index (χ0) is 19.9. The van der Waals surface area contributed by atoms with Crippen molar-refractivity contribution in [1.29, 1.82) is 0 Å². The van der Waals surface area contributed by atoms with Crippen LogP contribution in [0.1, 0.15) is 50.8 Å². The van der Waals surface area contributed by atoms with Crippen LogP contribution < -0.4 is 9.47 Å². The van der Waals surface area contributed by atoms with Crippen LogP contribution in [0, 0.1) is 17.3 Å². The Labute approximate surface area is 169 Å². The van der Waals surface area contributed by atoms with E-state index in [9.17, 15) is 5.11 Å². The first-order chi connectivity index (χ1) is 13.3. The Morgan fingerprint density at radius 1 is 1.21 bits per heavy atom. The van der Waals surface area contributed by atoms with Crippen molar-refractivity contribution in [2.45, 2.75) is 52.2 Å². The van der Waals surface area contributed by atoms with Crippen LogP contribution in [0.3, 0.4) is 0 Å². The van der Waals surface area contributed by atoms with Crippen molar-refractivity contribution >= 4 is 0 Å². The van der Waals surface area contributed by atoms with Gasteiger partial charge in [0.25, 0.3) is 0 Å². The van der Waals surface area contributed by atoms with E-state index in [2.05, 4.69) is 37.8 Å². The lowest BCUT2D eigenvalue weighted by Gasteiger charge is -2.47. The van der Waals surface area contributed by atoms with Gasteiger partial charge in [-0.25, -0.2) is 0 Å². The Balaban J connectivity index is 1.52. The highest BCUT2D eigenvalue weighted by Crippen LogP contribution is 2.44. The van der Waals surface area contributed by atoms with Crippen LogP contribution in [0.15, 0.2) is 12.1 Å². The van der Waals surface area contributed by atoms with Gasteiger partial charge in [0.1, 0.15) is 0 Å². The third-order valence-corrected chi connectivity index (χ3v) is 6.43. The first-order valence-electron chi connectivity index (χ1n) is 10.7. The lowest BCUT2D eigenvalue weighted by Crippen LogP contribution is -2.48. The molecule has 0 saturated carbocycles. The van der Waals surface area contributed by atoms with Gasteiger partial charge < -0.3 is 19.3 Å². The molecule has 156 valence electrons. The molecule has 0 unspecified atom stereocenters. The maximum atomic E-state index is 10.9. The number of hydrogen-bond acceptors (Lipinski definition) is 5. The van der Waals surface area contributed by atoms with E-state index in [1.165, 1.54) is 11.1 Å². The summed E-state index contributed by atoms with van der Waals surface area (Å²) in [4.78, 5) is 2.57. The van der Waals surface area contributed by atoms with Crippen molar-refractivity contribution in [2.24, 2.45) is 17.3 Å². The Morgan fingerprint density at radius 3 is 2.64 bits per heavy atom. The molecule has 4 rings (SSSR count). The highest BCUT2D eigenvalue weighted by molar-refractivity contribution is 5.49. The SMILES string of the molecule is COc1cc2c(cc1OCC1COC1)CCN1C[C@@H](CC(C)(C)C)[C@H](O)C[C@H]21. The molecule has 0 aliphatic carbocycles. The summed E-state index contributed by atoms with van der Waals surface area (Å²) >= 11 is 0. The minimum atomic E-state index is -0.244. The molecule has 2 saturated heterocycles. The van der Waals surface area contributed by atoms with Crippen molar-refractivity contribution in [1.82, 2.24) is 4.90 Å². The second-order valence-corrected chi connectivity index (χ2v) is 10.0. The molecular weight excluding hydrogens is 354 g/mol. The number of aliphatic hydroxyl groups excluding tert-OH is 1. The normalized spacial score (nSPS) is 28.2. The molecule has 0 amide bonds. The van der Waals surface area contributed by atoms with Gasteiger partial charge in [-0.15, -0.1) is 0 Å². The first kappa shape index (κ1) is 20.0. The Bertz CT molecular complexity index is 695. The van der Waals surface area contributed by atoms with Crippen LogP contribution >= 0.6 is 0 Å². The minimum Gasteiger partial charge on any atom is -0.493 e. The van der Waals surface area contributed by atoms with Crippen LogP contribution in [-0.2, 0) is 11.2 Å². The van der Waals surface area contributed by atoms with Gasteiger partial charge in [0.05, 0.1) is 33.0 Å². The molecular formula is C23H35NO4. The van der Waals surface area contributed by atoms with Crippen LogP contribution in [-0.4, -0.2) is 56.1 Å².